The number of rotatable bonds is 7. The molecule has 1 N–H and O–H groups in total. The van der Waals surface area contributed by atoms with Crippen molar-refractivity contribution in [3.63, 3.8) is 0 Å². The molecular weight excluding hydrogens is 469 g/mol. The summed E-state index contributed by atoms with van der Waals surface area (Å²) in [5.74, 6) is 1.35. The summed E-state index contributed by atoms with van der Waals surface area (Å²) in [5, 5.41) is 3.38. The molecule has 36 heavy (non-hydrogen) atoms. The first kappa shape index (κ1) is 24.2. The Hall–Kier alpha value is -3.46. The third-order valence-corrected chi connectivity index (χ3v) is 6.47. The van der Waals surface area contributed by atoms with Crippen molar-refractivity contribution in [2.24, 2.45) is 5.92 Å². The number of piperazine rings is 1. The van der Waals surface area contributed by atoms with Crippen LogP contribution >= 0.6 is 0 Å². The lowest BCUT2D eigenvalue weighted by Gasteiger charge is -2.29. The molecule has 9 heteroatoms. The topological polar surface area (TPSA) is 51.5 Å². The fraction of sp³-hybridized carbons (Fsp3) is 0.370. The van der Waals surface area contributed by atoms with Crippen LogP contribution in [0, 0.1) is 5.92 Å². The number of benzene rings is 2. The second kappa shape index (κ2) is 10.3. The van der Waals surface area contributed by atoms with Crippen molar-refractivity contribution in [1.82, 2.24) is 14.9 Å². The number of hydrogen-bond donors (Lipinski definition) is 1. The molecule has 0 spiro atoms. The molecule has 0 saturated carbocycles. The van der Waals surface area contributed by atoms with Gasteiger partial charge in [-0.25, -0.2) is 4.98 Å². The molecule has 2 unspecified atom stereocenters. The van der Waals surface area contributed by atoms with Crippen molar-refractivity contribution in [2.75, 3.05) is 31.1 Å². The average molecular weight is 499 g/mol. The maximum absolute atomic E-state index is 12.6. The van der Waals surface area contributed by atoms with Crippen LogP contribution in [0.15, 0.2) is 72.5 Å². The van der Waals surface area contributed by atoms with Crippen LogP contribution in [-0.2, 0) is 11.3 Å². The molecule has 3 aromatic rings. The summed E-state index contributed by atoms with van der Waals surface area (Å²) in [6, 6.07) is 15.9. The molecule has 5 rings (SSSR count). The molecular formula is C27H29F3N4O2. The lowest BCUT2D eigenvalue weighted by Crippen LogP contribution is -2.43. The third-order valence-electron chi connectivity index (χ3n) is 6.47. The Labute approximate surface area is 208 Å². The van der Waals surface area contributed by atoms with Gasteiger partial charge in [-0.1, -0.05) is 24.3 Å². The summed E-state index contributed by atoms with van der Waals surface area (Å²) in [6.07, 6.45) is 0.0891. The number of aromatic nitrogens is 2. The van der Waals surface area contributed by atoms with Gasteiger partial charge in [0, 0.05) is 38.4 Å². The standard InChI is InChI=1S/C27H29F3N4O2/c1-19(35-22-5-3-2-4-6-22)26-32-24-12-9-21(33-15-13-31-14-16-33)17-25(24)34(26)18-20-7-10-23(11-8-20)36-27(28,29)30/h2-7,9-12,17,19-20,31H,8,13-16,18H2,1H3. The average Bonchev–Trinajstić information content (AvgIpc) is 3.23. The minimum Gasteiger partial charge on any atom is -0.483 e. The number of imidazole rings is 1. The van der Waals surface area contributed by atoms with E-state index in [9.17, 15) is 13.2 Å². The lowest BCUT2D eigenvalue weighted by atomic mass is 9.99. The summed E-state index contributed by atoms with van der Waals surface area (Å²) in [6.45, 7) is 6.26. The van der Waals surface area contributed by atoms with Crippen molar-refractivity contribution in [3.05, 3.63) is 78.3 Å². The molecule has 2 aromatic carbocycles. The molecule has 0 radical (unpaired) electrons. The number of anilines is 1. The van der Waals surface area contributed by atoms with E-state index in [0.717, 1.165) is 54.5 Å². The molecule has 1 aliphatic heterocycles. The fourth-order valence-corrected chi connectivity index (χ4v) is 4.73. The summed E-state index contributed by atoms with van der Waals surface area (Å²) >= 11 is 0. The Kier molecular flexibility index (Phi) is 6.91. The van der Waals surface area contributed by atoms with E-state index in [1.165, 1.54) is 12.2 Å². The number of fused-ring (bicyclic) bond motifs is 1. The van der Waals surface area contributed by atoms with Crippen LogP contribution in [0.3, 0.4) is 0 Å². The van der Waals surface area contributed by atoms with Crippen LogP contribution in [0.1, 0.15) is 25.3 Å². The fourth-order valence-electron chi connectivity index (χ4n) is 4.73. The summed E-state index contributed by atoms with van der Waals surface area (Å²) in [7, 11) is 0. The Morgan fingerprint density at radius 2 is 1.89 bits per heavy atom. The molecule has 1 saturated heterocycles. The monoisotopic (exact) mass is 498 g/mol. The molecule has 2 aliphatic rings. The highest BCUT2D eigenvalue weighted by Gasteiger charge is 2.32. The van der Waals surface area contributed by atoms with Gasteiger partial charge in [0.25, 0.3) is 0 Å². The summed E-state index contributed by atoms with van der Waals surface area (Å²) in [5.41, 5.74) is 2.98. The number of allylic oxidation sites excluding steroid dienone is 3. The van der Waals surface area contributed by atoms with Gasteiger partial charge in [0.2, 0.25) is 0 Å². The first-order valence-corrected chi connectivity index (χ1v) is 12.2. The molecule has 6 nitrogen and oxygen atoms in total. The summed E-state index contributed by atoms with van der Waals surface area (Å²) in [4.78, 5) is 7.27. The molecule has 1 fully saturated rings. The second-order valence-corrected chi connectivity index (χ2v) is 9.07. The number of nitrogens with one attached hydrogen (secondary N) is 1. The molecule has 2 heterocycles. The van der Waals surface area contributed by atoms with E-state index in [0.29, 0.717) is 13.0 Å². The Morgan fingerprint density at radius 3 is 2.58 bits per heavy atom. The van der Waals surface area contributed by atoms with Crippen LogP contribution in [-0.4, -0.2) is 42.1 Å². The van der Waals surface area contributed by atoms with Crippen LogP contribution in [0.2, 0.25) is 0 Å². The van der Waals surface area contributed by atoms with Crippen LogP contribution in [0.4, 0.5) is 18.9 Å². The first-order chi connectivity index (χ1) is 17.4. The zero-order valence-electron chi connectivity index (χ0n) is 20.0. The van der Waals surface area contributed by atoms with Gasteiger partial charge in [0.1, 0.15) is 11.5 Å². The number of hydrogen-bond acceptors (Lipinski definition) is 5. The SMILES string of the molecule is CC(Oc1ccccc1)c1nc2ccc(N3CCNCC3)cc2n1CC1C=CC(OC(F)(F)F)=CC1. The molecule has 1 aromatic heterocycles. The Balaban J connectivity index is 1.45. The van der Waals surface area contributed by atoms with E-state index in [1.807, 2.05) is 43.3 Å². The van der Waals surface area contributed by atoms with E-state index >= 15 is 0 Å². The van der Waals surface area contributed by atoms with Crippen molar-refractivity contribution in [1.29, 1.82) is 0 Å². The molecule has 0 bridgehead atoms. The minimum atomic E-state index is -4.69. The Bertz CT molecular complexity index is 1250. The van der Waals surface area contributed by atoms with E-state index in [1.54, 1.807) is 6.08 Å². The number of alkyl halides is 3. The van der Waals surface area contributed by atoms with Gasteiger partial charge in [-0.05, 0) is 61.7 Å². The van der Waals surface area contributed by atoms with Crippen molar-refractivity contribution >= 4 is 16.7 Å². The smallest absolute Gasteiger partial charge is 0.483 e. The summed E-state index contributed by atoms with van der Waals surface area (Å²) < 4.78 is 50.2. The van der Waals surface area contributed by atoms with E-state index < -0.39 is 6.36 Å². The molecule has 0 amide bonds. The second-order valence-electron chi connectivity index (χ2n) is 9.07. The first-order valence-electron chi connectivity index (χ1n) is 12.2. The molecule has 2 atom stereocenters. The number of para-hydroxylation sites is 1. The maximum atomic E-state index is 12.6. The molecule has 190 valence electrons. The van der Waals surface area contributed by atoms with Crippen LogP contribution in [0.25, 0.3) is 11.0 Å². The highest BCUT2D eigenvalue weighted by atomic mass is 19.4. The minimum absolute atomic E-state index is 0.00602. The van der Waals surface area contributed by atoms with E-state index in [2.05, 4.69) is 31.7 Å². The number of halogens is 3. The number of ether oxygens (including phenoxy) is 2. The van der Waals surface area contributed by atoms with Gasteiger partial charge >= 0.3 is 6.36 Å². The zero-order chi connectivity index (χ0) is 25.1. The molecule has 1 aliphatic carbocycles. The quantitative estimate of drug-likeness (QED) is 0.461. The lowest BCUT2D eigenvalue weighted by molar-refractivity contribution is -0.303. The van der Waals surface area contributed by atoms with Crippen LogP contribution in [0.5, 0.6) is 5.75 Å². The number of nitrogens with zero attached hydrogens (tertiary/aromatic N) is 3. The predicted octanol–water partition coefficient (Wildman–Crippen LogP) is 5.58. The largest absolute Gasteiger partial charge is 0.573 e. The maximum Gasteiger partial charge on any atom is 0.573 e. The predicted molar refractivity (Wildman–Crippen MR) is 133 cm³/mol. The highest BCUT2D eigenvalue weighted by molar-refractivity contribution is 5.80. The van der Waals surface area contributed by atoms with E-state index in [4.69, 9.17) is 9.72 Å². The van der Waals surface area contributed by atoms with Crippen molar-refractivity contribution in [2.45, 2.75) is 32.4 Å². The third kappa shape index (κ3) is 5.67. The Morgan fingerprint density at radius 1 is 1.11 bits per heavy atom. The van der Waals surface area contributed by atoms with Gasteiger partial charge in [-0.2, -0.15) is 0 Å². The zero-order valence-corrected chi connectivity index (χ0v) is 20.0. The van der Waals surface area contributed by atoms with Crippen molar-refractivity contribution < 1.29 is 22.6 Å². The van der Waals surface area contributed by atoms with Gasteiger partial charge < -0.3 is 24.3 Å². The van der Waals surface area contributed by atoms with Gasteiger partial charge in [0.05, 0.1) is 11.0 Å². The van der Waals surface area contributed by atoms with Crippen LogP contribution < -0.4 is 15.0 Å². The van der Waals surface area contributed by atoms with E-state index in [-0.39, 0.29) is 17.8 Å². The normalized spacial score (nSPS) is 19.3. The van der Waals surface area contributed by atoms with Crippen molar-refractivity contribution in [3.8, 4) is 5.75 Å². The van der Waals surface area contributed by atoms with Gasteiger partial charge in [-0.15, -0.1) is 13.2 Å². The highest BCUT2D eigenvalue weighted by Crippen LogP contribution is 2.31. The van der Waals surface area contributed by atoms with Gasteiger partial charge in [-0.3, -0.25) is 0 Å². The van der Waals surface area contributed by atoms with Gasteiger partial charge in [0.15, 0.2) is 11.9 Å².